The molecule has 0 unspecified atom stereocenters. The lowest BCUT2D eigenvalue weighted by molar-refractivity contribution is -0.274. The van der Waals surface area contributed by atoms with Gasteiger partial charge in [0.25, 0.3) is 0 Å². The molecule has 2 aromatic carbocycles. The maximum atomic E-state index is 12.4. The first kappa shape index (κ1) is 17.6. The van der Waals surface area contributed by atoms with E-state index in [9.17, 15) is 13.2 Å². The smallest absolute Gasteiger partial charge is 0.404 e. The summed E-state index contributed by atoms with van der Waals surface area (Å²) < 4.78 is 41.2. The van der Waals surface area contributed by atoms with Gasteiger partial charge in [0.1, 0.15) is 5.82 Å². The molecule has 1 heterocycles. The number of anilines is 1. The molecule has 136 valence electrons. The summed E-state index contributed by atoms with van der Waals surface area (Å²) in [5, 5.41) is 2.62. The van der Waals surface area contributed by atoms with E-state index in [0.29, 0.717) is 13.0 Å². The van der Waals surface area contributed by atoms with E-state index >= 15 is 0 Å². The zero-order valence-corrected chi connectivity index (χ0v) is 13.5. The van der Waals surface area contributed by atoms with Gasteiger partial charge in [0, 0.05) is 13.0 Å². The second-order valence-corrected chi connectivity index (χ2v) is 5.39. The van der Waals surface area contributed by atoms with E-state index in [4.69, 9.17) is 5.73 Å². The Bertz CT molecular complexity index is 887. The van der Waals surface area contributed by atoms with Crippen molar-refractivity contribution < 1.29 is 17.9 Å². The van der Waals surface area contributed by atoms with Gasteiger partial charge < -0.3 is 20.8 Å². The minimum Gasteiger partial charge on any atom is -0.404 e. The summed E-state index contributed by atoms with van der Waals surface area (Å²) in [7, 11) is 0. The lowest BCUT2D eigenvalue weighted by atomic mass is 10.3. The van der Waals surface area contributed by atoms with Gasteiger partial charge in [-0.25, -0.2) is 4.98 Å². The number of guanidine groups is 1. The molecule has 0 saturated carbocycles. The molecule has 0 fully saturated rings. The van der Waals surface area contributed by atoms with Crippen LogP contribution in [-0.4, -0.2) is 28.8 Å². The van der Waals surface area contributed by atoms with Crippen molar-refractivity contribution in [2.24, 2.45) is 10.7 Å². The number of fused-ring (bicyclic) bond motifs is 1. The third kappa shape index (κ3) is 4.65. The predicted molar refractivity (Wildman–Crippen MR) is 93.0 cm³/mol. The molecule has 0 atom stereocenters. The monoisotopic (exact) mass is 363 g/mol. The van der Waals surface area contributed by atoms with Crippen LogP contribution in [0.3, 0.4) is 0 Å². The van der Waals surface area contributed by atoms with Crippen LogP contribution in [0.2, 0.25) is 0 Å². The van der Waals surface area contributed by atoms with E-state index in [1.165, 1.54) is 18.2 Å². The molecule has 0 aliphatic heterocycles. The van der Waals surface area contributed by atoms with Crippen molar-refractivity contribution in [2.75, 3.05) is 11.9 Å². The average Bonchev–Trinajstić information content (AvgIpc) is 2.98. The van der Waals surface area contributed by atoms with E-state index < -0.39 is 6.36 Å². The van der Waals surface area contributed by atoms with Gasteiger partial charge in [0.2, 0.25) is 0 Å². The molecule has 0 aliphatic rings. The fourth-order valence-electron chi connectivity index (χ4n) is 2.37. The number of halogens is 3. The van der Waals surface area contributed by atoms with Crippen LogP contribution in [0.25, 0.3) is 11.0 Å². The van der Waals surface area contributed by atoms with Crippen molar-refractivity contribution in [2.45, 2.75) is 12.8 Å². The lowest BCUT2D eigenvalue weighted by Crippen LogP contribution is -2.25. The molecule has 1 aromatic heterocycles. The third-order valence-corrected chi connectivity index (χ3v) is 3.44. The Balaban J connectivity index is 1.62. The molecule has 9 heteroatoms. The highest BCUT2D eigenvalue weighted by Gasteiger charge is 2.32. The molecule has 6 nitrogen and oxygen atoms in total. The first-order valence-corrected chi connectivity index (χ1v) is 7.76. The second kappa shape index (κ2) is 7.34. The van der Waals surface area contributed by atoms with Crippen molar-refractivity contribution in [1.29, 1.82) is 0 Å². The summed E-state index contributed by atoms with van der Waals surface area (Å²) in [4.78, 5) is 11.7. The van der Waals surface area contributed by atoms with E-state index in [-0.39, 0.29) is 17.4 Å². The van der Waals surface area contributed by atoms with Crippen molar-refractivity contribution in [3.63, 3.8) is 0 Å². The number of rotatable bonds is 5. The molecular weight excluding hydrogens is 347 g/mol. The summed E-state index contributed by atoms with van der Waals surface area (Å²) in [6.45, 7) is 0.320. The van der Waals surface area contributed by atoms with Crippen LogP contribution in [0, 0.1) is 0 Å². The lowest BCUT2D eigenvalue weighted by Gasteiger charge is -2.14. The highest BCUT2D eigenvalue weighted by atomic mass is 19.4. The number of aromatic amines is 1. The van der Waals surface area contributed by atoms with Crippen molar-refractivity contribution in [1.82, 2.24) is 9.97 Å². The number of aromatic nitrogens is 2. The molecule has 0 bridgehead atoms. The Morgan fingerprint density at radius 2 is 1.88 bits per heavy atom. The molecule has 0 amide bonds. The molecule has 4 N–H and O–H groups in total. The topological polar surface area (TPSA) is 88.3 Å². The Kier molecular flexibility index (Phi) is 4.97. The van der Waals surface area contributed by atoms with Gasteiger partial charge in [-0.3, -0.25) is 4.99 Å². The highest BCUT2D eigenvalue weighted by molar-refractivity contribution is 5.93. The molecule has 26 heavy (non-hydrogen) atoms. The number of H-pyrrole nitrogens is 1. The number of imidazole rings is 1. The number of nitrogens with one attached hydrogen (secondary N) is 2. The van der Waals surface area contributed by atoms with Crippen molar-refractivity contribution in [3.8, 4) is 5.75 Å². The van der Waals surface area contributed by atoms with Crippen LogP contribution in [-0.2, 0) is 6.42 Å². The zero-order valence-electron chi connectivity index (χ0n) is 13.5. The number of benzene rings is 2. The molecule has 0 aliphatic carbocycles. The summed E-state index contributed by atoms with van der Waals surface area (Å²) in [6.07, 6.45) is -4.28. The normalized spacial score (nSPS) is 12.3. The summed E-state index contributed by atoms with van der Waals surface area (Å²) >= 11 is 0. The van der Waals surface area contributed by atoms with E-state index in [1.807, 2.05) is 24.3 Å². The summed E-state index contributed by atoms with van der Waals surface area (Å²) in [5.41, 5.74) is 7.61. The number of para-hydroxylation sites is 4. The van der Waals surface area contributed by atoms with Crippen LogP contribution < -0.4 is 15.8 Å². The van der Waals surface area contributed by atoms with Gasteiger partial charge >= 0.3 is 6.36 Å². The molecule has 0 radical (unpaired) electrons. The minimum atomic E-state index is -4.79. The van der Waals surface area contributed by atoms with Gasteiger partial charge in [0.05, 0.1) is 16.7 Å². The van der Waals surface area contributed by atoms with Gasteiger partial charge in [-0.05, 0) is 24.3 Å². The van der Waals surface area contributed by atoms with Crippen LogP contribution >= 0.6 is 0 Å². The zero-order chi connectivity index (χ0) is 18.6. The van der Waals surface area contributed by atoms with E-state index in [1.54, 1.807) is 6.07 Å². The number of ether oxygens (including phenoxy) is 1. The van der Waals surface area contributed by atoms with Crippen LogP contribution in [0.5, 0.6) is 5.75 Å². The fourth-order valence-corrected chi connectivity index (χ4v) is 2.37. The first-order valence-electron chi connectivity index (χ1n) is 7.76. The van der Waals surface area contributed by atoms with Gasteiger partial charge in [-0.2, -0.15) is 0 Å². The maximum absolute atomic E-state index is 12.4. The van der Waals surface area contributed by atoms with E-state index in [2.05, 4.69) is 25.0 Å². The summed E-state index contributed by atoms with van der Waals surface area (Å²) in [5.74, 6) is 0.360. The van der Waals surface area contributed by atoms with Crippen molar-refractivity contribution in [3.05, 3.63) is 54.4 Å². The molecule has 3 aromatic rings. The average molecular weight is 363 g/mol. The Morgan fingerprint density at radius 3 is 2.65 bits per heavy atom. The van der Waals surface area contributed by atoms with Crippen LogP contribution in [0.4, 0.5) is 18.9 Å². The summed E-state index contributed by atoms with van der Waals surface area (Å²) in [6, 6.07) is 13.2. The second-order valence-electron chi connectivity index (χ2n) is 5.39. The number of aliphatic imine (C=N–C) groups is 1. The number of alkyl halides is 3. The van der Waals surface area contributed by atoms with Crippen LogP contribution in [0.1, 0.15) is 5.82 Å². The standard InChI is InChI=1S/C17H16F3N5O/c18-17(19,20)26-14-8-4-3-7-13(14)25-16(21)22-10-9-15-23-11-5-1-2-6-12(11)24-15/h1-8H,9-10H2,(H,23,24)(H3,21,22,25). The highest BCUT2D eigenvalue weighted by Crippen LogP contribution is 2.29. The predicted octanol–water partition coefficient (Wildman–Crippen LogP) is 3.43. The maximum Gasteiger partial charge on any atom is 0.573 e. The first-order chi connectivity index (χ1) is 12.4. The fraction of sp³-hybridized carbons (Fsp3) is 0.176. The van der Waals surface area contributed by atoms with Gasteiger partial charge in [-0.15, -0.1) is 13.2 Å². The molecular formula is C17H16F3N5O. The number of nitrogens with two attached hydrogens (primary N) is 1. The molecule has 3 rings (SSSR count). The van der Waals surface area contributed by atoms with Crippen molar-refractivity contribution >= 4 is 22.7 Å². The van der Waals surface area contributed by atoms with Crippen LogP contribution in [0.15, 0.2) is 53.5 Å². The minimum absolute atomic E-state index is 0.0145. The number of hydrogen-bond acceptors (Lipinski definition) is 3. The number of nitrogens with zero attached hydrogens (tertiary/aromatic N) is 2. The van der Waals surface area contributed by atoms with Gasteiger partial charge in [-0.1, -0.05) is 24.3 Å². The molecule has 0 spiro atoms. The SMILES string of the molecule is NC(=NCCc1nc2ccccc2[nH]1)Nc1ccccc1OC(F)(F)F. The molecule has 0 saturated heterocycles. The largest absolute Gasteiger partial charge is 0.573 e. The third-order valence-electron chi connectivity index (χ3n) is 3.44. The quantitative estimate of drug-likeness (QED) is 0.479. The Labute approximate surface area is 146 Å². The van der Waals surface area contributed by atoms with E-state index in [0.717, 1.165) is 16.9 Å². The Morgan fingerprint density at radius 1 is 1.15 bits per heavy atom. The Hall–Kier alpha value is -3.23. The van der Waals surface area contributed by atoms with Gasteiger partial charge in [0.15, 0.2) is 11.7 Å². The number of hydrogen-bond donors (Lipinski definition) is 3.